The molecule has 0 bridgehead atoms. The van der Waals surface area contributed by atoms with E-state index in [1.54, 1.807) is 0 Å². The number of nitrogens with zero attached hydrogens (tertiary/aromatic N) is 3. The Morgan fingerprint density at radius 1 is 1.37 bits per heavy atom. The van der Waals surface area contributed by atoms with E-state index in [-0.39, 0.29) is 37.7 Å². The Morgan fingerprint density at radius 2 is 1.95 bits per heavy atom. The first-order valence-corrected chi connectivity index (χ1v) is 5.35. The van der Waals surface area contributed by atoms with E-state index >= 15 is 0 Å². The SMILES string of the molecule is O=C(O)c1cnc(N(CCO)CCO)c([N+](=O)[O-])c1. The maximum absolute atomic E-state index is 10.9. The molecule has 104 valence electrons. The number of aliphatic hydroxyl groups is 2. The van der Waals surface area contributed by atoms with E-state index in [2.05, 4.69) is 4.98 Å². The second-order valence-corrected chi connectivity index (χ2v) is 3.56. The van der Waals surface area contributed by atoms with Gasteiger partial charge in [-0.3, -0.25) is 10.1 Å². The maximum atomic E-state index is 10.9. The molecule has 0 atom stereocenters. The summed E-state index contributed by atoms with van der Waals surface area (Å²) in [7, 11) is 0. The van der Waals surface area contributed by atoms with Gasteiger partial charge in [0.1, 0.15) is 0 Å². The second-order valence-electron chi connectivity index (χ2n) is 3.56. The molecule has 1 aromatic rings. The van der Waals surface area contributed by atoms with Crippen LogP contribution in [0.5, 0.6) is 0 Å². The number of aromatic nitrogens is 1. The lowest BCUT2D eigenvalue weighted by Crippen LogP contribution is -2.31. The first kappa shape index (κ1) is 14.8. The molecule has 1 heterocycles. The van der Waals surface area contributed by atoms with Crippen LogP contribution in [-0.2, 0) is 0 Å². The fraction of sp³-hybridized carbons (Fsp3) is 0.400. The van der Waals surface area contributed by atoms with Crippen molar-refractivity contribution in [2.24, 2.45) is 0 Å². The second kappa shape index (κ2) is 6.61. The molecule has 0 aliphatic carbocycles. The Labute approximate surface area is 107 Å². The van der Waals surface area contributed by atoms with Gasteiger partial charge >= 0.3 is 11.7 Å². The number of carbonyl (C=O) groups is 1. The summed E-state index contributed by atoms with van der Waals surface area (Å²) in [6.07, 6.45) is 0.992. The van der Waals surface area contributed by atoms with Crippen molar-refractivity contribution in [3.05, 3.63) is 27.9 Å². The van der Waals surface area contributed by atoms with Gasteiger partial charge in [0.15, 0.2) is 0 Å². The van der Waals surface area contributed by atoms with Crippen LogP contribution in [0.15, 0.2) is 12.3 Å². The number of carboxylic acid groups (broad SMARTS) is 1. The Morgan fingerprint density at radius 3 is 2.37 bits per heavy atom. The molecule has 0 aromatic carbocycles. The number of aromatic carboxylic acids is 1. The van der Waals surface area contributed by atoms with Crippen molar-refractivity contribution >= 4 is 17.5 Å². The van der Waals surface area contributed by atoms with Crippen LogP contribution in [0.3, 0.4) is 0 Å². The van der Waals surface area contributed by atoms with Crippen LogP contribution >= 0.6 is 0 Å². The van der Waals surface area contributed by atoms with Crippen molar-refractivity contribution in [3.8, 4) is 0 Å². The number of carboxylic acids is 1. The van der Waals surface area contributed by atoms with E-state index in [0.717, 1.165) is 12.3 Å². The van der Waals surface area contributed by atoms with E-state index in [4.69, 9.17) is 15.3 Å². The van der Waals surface area contributed by atoms with Gasteiger partial charge in [-0.1, -0.05) is 0 Å². The fourth-order valence-corrected chi connectivity index (χ4v) is 1.51. The molecule has 0 fully saturated rings. The van der Waals surface area contributed by atoms with E-state index in [9.17, 15) is 14.9 Å². The quantitative estimate of drug-likeness (QED) is 0.445. The molecule has 0 aliphatic heterocycles. The lowest BCUT2D eigenvalue weighted by Gasteiger charge is -2.21. The molecule has 9 nitrogen and oxygen atoms in total. The number of pyridine rings is 1. The summed E-state index contributed by atoms with van der Waals surface area (Å²) in [5.74, 6) is -1.41. The highest BCUT2D eigenvalue weighted by Gasteiger charge is 2.23. The number of rotatable bonds is 7. The number of nitro groups is 1. The minimum atomic E-state index is -1.32. The van der Waals surface area contributed by atoms with Crippen LogP contribution in [0.1, 0.15) is 10.4 Å². The zero-order chi connectivity index (χ0) is 14.4. The predicted octanol–water partition coefficient (Wildman–Crippen LogP) is -0.521. The highest BCUT2D eigenvalue weighted by Crippen LogP contribution is 2.26. The van der Waals surface area contributed by atoms with Gasteiger partial charge in [-0.25, -0.2) is 9.78 Å². The van der Waals surface area contributed by atoms with Gasteiger partial charge in [-0.15, -0.1) is 0 Å². The third-order valence-corrected chi connectivity index (χ3v) is 2.33. The number of aliphatic hydroxyl groups excluding tert-OH is 2. The molecule has 0 amide bonds. The van der Waals surface area contributed by atoms with Crippen LogP contribution < -0.4 is 4.90 Å². The van der Waals surface area contributed by atoms with Crippen LogP contribution in [0.2, 0.25) is 0 Å². The van der Waals surface area contributed by atoms with Gasteiger partial charge in [0, 0.05) is 25.4 Å². The molecule has 1 aromatic heterocycles. The zero-order valence-electron chi connectivity index (χ0n) is 9.89. The molecule has 0 unspecified atom stereocenters. The fourth-order valence-electron chi connectivity index (χ4n) is 1.51. The van der Waals surface area contributed by atoms with Crippen molar-refractivity contribution in [3.63, 3.8) is 0 Å². The van der Waals surface area contributed by atoms with Gasteiger partial charge in [0.05, 0.1) is 23.7 Å². The zero-order valence-corrected chi connectivity index (χ0v) is 9.89. The summed E-state index contributed by atoms with van der Waals surface area (Å²) < 4.78 is 0. The Bertz CT molecular complexity index is 472. The molecule has 9 heteroatoms. The van der Waals surface area contributed by atoms with Crippen molar-refractivity contribution in [1.82, 2.24) is 4.98 Å². The maximum Gasteiger partial charge on any atom is 0.337 e. The minimum absolute atomic E-state index is 0.0425. The normalized spacial score (nSPS) is 10.2. The standard InChI is InChI=1S/C10H13N3O6/c14-3-1-12(2-4-15)9-8(13(18)19)5-7(6-11-9)10(16)17/h5-6,14-15H,1-4H2,(H,16,17). The molecule has 0 aliphatic rings. The van der Waals surface area contributed by atoms with E-state index < -0.39 is 16.6 Å². The van der Waals surface area contributed by atoms with Crippen molar-refractivity contribution < 1.29 is 25.0 Å². The van der Waals surface area contributed by atoms with Gasteiger partial charge in [0.2, 0.25) is 5.82 Å². The molecule has 3 N–H and O–H groups in total. The molecule has 1 rings (SSSR count). The first-order valence-electron chi connectivity index (χ1n) is 5.35. The Kier molecular flexibility index (Phi) is 5.15. The summed E-state index contributed by atoms with van der Waals surface area (Å²) in [5.41, 5.74) is -0.787. The summed E-state index contributed by atoms with van der Waals surface area (Å²) in [4.78, 5) is 26.0. The third-order valence-electron chi connectivity index (χ3n) is 2.33. The predicted molar refractivity (Wildman–Crippen MR) is 64.2 cm³/mol. The first-order chi connectivity index (χ1) is 9.01. The van der Waals surface area contributed by atoms with Crippen molar-refractivity contribution in [2.75, 3.05) is 31.2 Å². The molecule has 0 saturated carbocycles. The van der Waals surface area contributed by atoms with Crippen LogP contribution in [-0.4, -0.2) is 57.5 Å². The van der Waals surface area contributed by atoms with E-state index in [1.165, 1.54) is 4.90 Å². The third kappa shape index (κ3) is 3.60. The largest absolute Gasteiger partial charge is 0.478 e. The molecular formula is C10H13N3O6. The van der Waals surface area contributed by atoms with Gasteiger partial charge in [-0.2, -0.15) is 0 Å². The van der Waals surface area contributed by atoms with Crippen molar-refractivity contribution in [1.29, 1.82) is 0 Å². The van der Waals surface area contributed by atoms with E-state index in [0.29, 0.717) is 0 Å². The average Bonchev–Trinajstić information content (AvgIpc) is 2.37. The molecule has 0 spiro atoms. The average molecular weight is 271 g/mol. The molecule has 0 radical (unpaired) electrons. The smallest absolute Gasteiger partial charge is 0.337 e. The van der Waals surface area contributed by atoms with Crippen LogP contribution in [0.4, 0.5) is 11.5 Å². The lowest BCUT2D eigenvalue weighted by atomic mass is 10.2. The number of anilines is 1. The monoisotopic (exact) mass is 271 g/mol. The highest BCUT2D eigenvalue weighted by atomic mass is 16.6. The summed E-state index contributed by atoms with van der Waals surface area (Å²) in [6, 6.07) is 0.895. The van der Waals surface area contributed by atoms with Crippen LogP contribution in [0.25, 0.3) is 0 Å². The summed E-state index contributed by atoms with van der Waals surface area (Å²) in [5, 5.41) is 37.5. The minimum Gasteiger partial charge on any atom is -0.478 e. The number of hydrogen-bond acceptors (Lipinski definition) is 7. The Hall–Kier alpha value is -2.26. The van der Waals surface area contributed by atoms with Gasteiger partial charge in [-0.05, 0) is 0 Å². The molecule has 0 saturated heterocycles. The van der Waals surface area contributed by atoms with Crippen molar-refractivity contribution in [2.45, 2.75) is 0 Å². The highest BCUT2D eigenvalue weighted by molar-refractivity contribution is 5.88. The number of hydrogen-bond donors (Lipinski definition) is 3. The summed E-state index contributed by atoms with van der Waals surface area (Å²) >= 11 is 0. The molecular weight excluding hydrogens is 258 g/mol. The van der Waals surface area contributed by atoms with Crippen LogP contribution in [0, 0.1) is 10.1 Å². The van der Waals surface area contributed by atoms with Gasteiger partial charge in [0.25, 0.3) is 0 Å². The van der Waals surface area contributed by atoms with Gasteiger partial charge < -0.3 is 20.2 Å². The topological polar surface area (TPSA) is 137 Å². The lowest BCUT2D eigenvalue weighted by molar-refractivity contribution is -0.384. The molecule has 19 heavy (non-hydrogen) atoms. The Balaban J connectivity index is 3.24. The van der Waals surface area contributed by atoms with E-state index in [1.807, 2.05) is 0 Å². The summed E-state index contributed by atoms with van der Waals surface area (Å²) in [6.45, 7) is -0.472.